The zero-order valence-electron chi connectivity index (χ0n) is 19.2. The Morgan fingerprint density at radius 2 is 1.78 bits per heavy atom. The Kier molecular flexibility index (Phi) is 5.73. The molecule has 4 aromatic rings. The van der Waals surface area contributed by atoms with Crippen LogP contribution < -0.4 is 9.64 Å². The van der Waals surface area contributed by atoms with Crippen molar-refractivity contribution in [3.8, 4) is 5.75 Å². The molecule has 1 N–H and O–H groups in total. The monoisotopic (exact) mass is 501 g/mol. The molecule has 1 aromatic heterocycles. The number of carbonyl (C=O) groups is 2. The average Bonchev–Trinajstić information content (AvgIpc) is 3.41. The second-order valence-electron chi connectivity index (χ2n) is 8.21. The molecule has 1 aliphatic rings. The van der Waals surface area contributed by atoms with Crippen LogP contribution in [0, 0.1) is 17.0 Å². The van der Waals surface area contributed by atoms with Crippen molar-refractivity contribution in [1.82, 2.24) is 4.98 Å². The number of rotatable bonds is 5. The van der Waals surface area contributed by atoms with Crippen molar-refractivity contribution in [2.75, 3.05) is 12.0 Å². The van der Waals surface area contributed by atoms with Crippen LogP contribution in [0.25, 0.3) is 16.0 Å². The number of hydrogen-bond donors (Lipinski definition) is 1. The Hall–Kier alpha value is -4.57. The Balaban J connectivity index is 1.70. The van der Waals surface area contributed by atoms with Crippen LogP contribution >= 0.6 is 11.3 Å². The van der Waals surface area contributed by atoms with Gasteiger partial charge in [-0.1, -0.05) is 17.4 Å². The van der Waals surface area contributed by atoms with Gasteiger partial charge in [-0.3, -0.25) is 24.6 Å². The van der Waals surface area contributed by atoms with E-state index >= 15 is 0 Å². The van der Waals surface area contributed by atoms with Gasteiger partial charge in [-0.2, -0.15) is 0 Å². The molecule has 1 atom stereocenters. The van der Waals surface area contributed by atoms with Crippen LogP contribution in [0.4, 0.5) is 10.8 Å². The van der Waals surface area contributed by atoms with E-state index in [1.54, 1.807) is 24.3 Å². The second kappa shape index (κ2) is 8.90. The average molecular weight is 502 g/mol. The van der Waals surface area contributed by atoms with Crippen LogP contribution in [0.3, 0.4) is 0 Å². The van der Waals surface area contributed by atoms with Crippen molar-refractivity contribution >= 4 is 49.8 Å². The van der Waals surface area contributed by atoms with Gasteiger partial charge >= 0.3 is 5.91 Å². The number of nitrogens with zero attached hydrogens (tertiary/aromatic N) is 3. The molecule has 3 aromatic carbocycles. The number of benzene rings is 3. The number of hydrogen-bond acceptors (Lipinski definition) is 8. The molecule has 1 aliphatic heterocycles. The highest BCUT2D eigenvalue weighted by atomic mass is 32.1. The summed E-state index contributed by atoms with van der Waals surface area (Å²) >= 11 is 1.25. The lowest BCUT2D eigenvalue weighted by Gasteiger charge is -2.22. The maximum absolute atomic E-state index is 13.3. The van der Waals surface area contributed by atoms with E-state index in [0.717, 1.165) is 10.3 Å². The molecule has 0 saturated carbocycles. The van der Waals surface area contributed by atoms with E-state index in [9.17, 15) is 24.8 Å². The summed E-state index contributed by atoms with van der Waals surface area (Å²) in [4.78, 5) is 43.1. The molecule has 0 unspecified atom stereocenters. The van der Waals surface area contributed by atoms with Crippen molar-refractivity contribution < 1.29 is 24.4 Å². The first-order valence-electron chi connectivity index (χ1n) is 10.9. The van der Waals surface area contributed by atoms with E-state index in [2.05, 4.69) is 4.98 Å². The summed E-state index contributed by atoms with van der Waals surface area (Å²) in [5.74, 6) is -1.52. The van der Waals surface area contributed by atoms with Gasteiger partial charge in [0.15, 0.2) is 5.13 Å². The number of thiazole rings is 1. The first-order chi connectivity index (χ1) is 17.3. The zero-order chi connectivity index (χ0) is 25.6. The van der Waals surface area contributed by atoms with Crippen molar-refractivity contribution in [3.63, 3.8) is 0 Å². The molecule has 1 amide bonds. The van der Waals surface area contributed by atoms with Gasteiger partial charge in [-0.05, 0) is 66.6 Å². The predicted molar refractivity (Wildman–Crippen MR) is 135 cm³/mol. The molecule has 0 radical (unpaired) electrons. The largest absolute Gasteiger partial charge is 0.507 e. The predicted octanol–water partition coefficient (Wildman–Crippen LogP) is 5.15. The molecule has 1 fully saturated rings. The molecular formula is C26H19N3O6S. The maximum Gasteiger partial charge on any atom is 0.301 e. The van der Waals surface area contributed by atoms with Crippen molar-refractivity contribution in [3.05, 3.63) is 99.1 Å². The number of methoxy groups -OCH3 is 1. The van der Waals surface area contributed by atoms with Crippen molar-refractivity contribution in [1.29, 1.82) is 0 Å². The first kappa shape index (κ1) is 23.2. The highest BCUT2D eigenvalue weighted by molar-refractivity contribution is 7.22. The number of fused-ring (bicyclic) bond motifs is 1. The number of ketones is 1. The normalized spacial score (nSPS) is 17.1. The number of Topliss-reactive ketones (excluding diaryl/α,β-unsaturated/α-hetero) is 1. The molecule has 0 bridgehead atoms. The number of aryl methyl sites for hydroxylation is 1. The topological polar surface area (TPSA) is 123 Å². The van der Waals surface area contributed by atoms with Gasteiger partial charge < -0.3 is 9.84 Å². The number of nitro groups is 1. The summed E-state index contributed by atoms with van der Waals surface area (Å²) in [6.45, 7) is 1.94. The van der Waals surface area contributed by atoms with Crippen molar-refractivity contribution in [2.45, 2.75) is 13.0 Å². The summed E-state index contributed by atoms with van der Waals surface area (Å²) in [5.41, 5.74) is 2.16. The van der Waals surface area contributed by atoms with E-state index in [0.29, 0.717) is 22.4 Å². The number of ether oxygens (including phenoxy) is 1. The molecule has 36 heavy (non-hydrogen) atoms. The zero-order valence-corrected chi connectivity index (χ0v) is 20.0. The molecule has 2 heterocycles. The second-order valence-corrected chi connectivity index (χ2v) is 9.22. The molecule has 1 saturated heterocycles. The fourth-order valence-electron chi connectivity index (χ4n) is 4.15. The fourth-order valence-corrected chi connectivity index (χ4v) is 5.24. The number of aliphatic hydroxyl groups excluding tert-OH is 1. The maximum atomic E-state index is 13.3. The summed E-state index contributed by atoms with van der Waals surface area (Å²) in [6.07, 6.45) is 0. The Bertz CT molecular complexity index is 1560. The Labute approximate surface area is 209 Å². The Morgan fingerprint density at radius 3 is 2.42 bits per heavy atom. The van der Waals surface area contributed by atoms with Gasteiger partial charge in [0.25, 0.3) is 11.5 Å². The van der Waals surface area contributed by atoms with E-state index in [4.69, 9.17) is 4.74 Å². The van der Waals surface area contributed by atoms with Crippen LogP contribution in [0.15, 0.2) is 72.3 Å². The Morgan fingerprint density at radius 1 is 1.08 bits per heavy atom. The molecule has 180 valence electrons. The van der Waals surface area contributed by atoms with Gasteiger partial charge in [0.2, 0.25) is 0 Å². The minimum atomic E-state index is -1.03. The number of non-ortho nitro benzene ring substituents is 1. The van der Waals surface area contributed by atoms with Gasteiger partial charge in [0.05, 0.1) is 33.9 Å². The first-order valence-corrected chi connectivity index (χ1v) is 11.7. The molecule has 0 spiro atoms. The summed E-state index contributed by atoms with van der Waals surface area (Å²) in [7, 11) is 1.51. The smallest absolute Gasteiger partial charge is 0.301 e. The number of anilines is 1. The molecule has 5 rings (SSSR count). The lowest BCUT2D eigenvalue weighted by Crippen LogP contribution is -2.29. The summed E-state index contributed by atoms with van der Waals surface area (Å²) in [6, 6.07) is 16.6. The van der Waals surface area contributed by atoms with E-state index in [1.807, 2.05) is 25.1 Å². The third-order valence-electron chi connectivity index (χ3n) is 5.97. The number of nitro benzene ring substituents is 1. The van der Waals surface area contributed by atoms with Crippen LogP contribution in [0.2, 0.25) is 0 Å². The number of aromatic nitrogens is 1. The van der Waals surface area contributed by atoms with E-state index in [-0.39, 0.29) is 22.2 Å². The van der Waals surface area contributed by atoms with Gasteiger partial charge in [-0.25, -0.2) is 4.98 Å². The minimum absolute atomic E-state index is 0.130. The molecule has 10 heteroatoms. The van der Waals surface area contributed by atoms with Gasteiger partial charge in [-0.15, -0.1) is 0 Å². The van der Waals surface area contributed by atoms with Gasteiger partial charge in [0.1, 0.15) is 11.5 Å². The fraction of sp³-hybridized carbons (Fsp3) is 0.115. The van der Waals surface area contributed by atoms with Crippen LogP contribution in [0.5, 0.6) is 5.75 Å². The molecular weight excluding hydrogens is 482 g/mol. The van der Waals surface area contributed by atoms with Crippen LogP contribution in [-0.4, -0.2) is 33.8 Å². The highest BCUT2D eigenvalue weighted by Crippen LogP contribution is 2.44. The van der Waals surface area contributed by atoms with Crippen molar-refractivity contribution in [2.24, 2.45) is 0 Å². The van der Waals surface area contributed by atoms with E-state index < -0.39 is 22.7 Å². The number of amides is 1. The van der Waals surface area contributed by atoms with Crippen LogP contribution in [0.1, 0.15) is 22.7 Å². The molecule has 9 nitrogen and oxygen atoms in total. The molecule has 0 aliphatic carbocycles. The van der Waals surface area contributed by atoms with Crippen LogP contribution in [-0.2, 0) is 9.59 Å². The number of aliphatic hydroxyl groups is 1. The third kappa shape index (κ3) is 3.87. The summed E-state index contributed by atoms with van der Waals surface area (Å²) in [5, 5.41) is 22.7. The number of carbonyl (C=O) groups excluding carboxylic acids is 2. The van der Waals surface area contributed by atoms with Gasteiger partial charge in [0, 0.05) is 17.7 Å². The highest BCUT2D eigenvalue weighted by Gasteiger charge is 2.48. The SMILES string of the molecule is COc1ccc(C(O)=C2C(=O)C(=O)N(c3nc4ccc(C)cc4s3)[C@@H]2c2ccc([N+](=O)[O-])cc2)cc1. The third-order valence-corrected chi connectivity index (χ3v) is 6.98. The summed E-state index contributed by atoms with van der Waals surface area (Å²) < 4.78 is 5.99. The standard InChI is InChI=1S/C26H19N3O6S/c1-14-3-12-19-20(13-14)36-26(27-19)28-22(15-4-8-17(9-5-15)29(33)34)21(24(31)25(28)32)23(30)16-6-10-18(35-2)11-7-16/h3-13,22,30H,1-2H3/t22-/m1/s1. The lowest BCUT2D eigenvalue weighted by molar-refractivity contribution is -0.384. The quantitative estimate of drug-likeness (QED) is 0.132. The lowest BCUT2D eigenvalue weighted by atomic mass is 9.95. The minimum Gasteiger partial charge on any atom is -0.507 e. The van der Waals surface area contributed by atoms with E-state index in [1.165, 1.54) is 47.6 Å².